The van der Waals surface area contributed by atoms with E-state index in [1.165, 1.54) is 6.42 Å². The van der Waals surface area contributed by atoms with Gasteiger partial charge in [-0.2, -0.15) is 0 Å². The number of amides is 1. The highest BCUT2D eigenvalue weighted by Gasteiger charge is 2.24. The van der Waals surface area contributed by atoms with Crippen molar-refractivity contribution in [1.29, 1.82) is 0 Å². The van der Waals surface area contributed by atoms with Gasteiger partial charge in [-0.1, -0.05) is 25.1 Å². The van der Waals surface area contributed by atoms with E-state index in [-0.39, 0.29) is 5.91 Å². The largest absolute Gasteiger partial charge is 0.381 e. The van der Waals surface area contributed by atoms with Crippen molar-refractivity contribution in [2.45, 2.75) is 26.2 Å². The number of hydrogen-bond donors (Lipinski definition) is 0. The van der Waals surface area contributed by atoms with Gasteiger partial charge >= 0.3 is 0 Å². The normalized spacial score (nSPS) is 23.0. The van der Waals surface area contributed by atoms with E-state index in [9.17, 15) is 4.79 Å². The fourth-order valence-electron chi connectivity index (χ4n) is 3.66. The number of carbonyl (C=O) groups is 1. The van der Waals surface area contributed by atoms with E-state index in [0.717, 1.165) is 69.9 Å². The van der Waals surface area contributed by atoms with Crippen molar-refractivity contribution >= 4 is 5.91 Å². The Bertz CT molecular complexity index is 526. The van der Waals surface area contributed by atoms with Crippen LogP contribution in [0.3, 0.4) is 0 Å². The number of ether oxygens (including phenoxy) is 1. The molecule has 1 unspecified atom stereocenters. The molecule has 1 amide bonds. The summed E-state index contributed by atoms with van der Waals surface area (Å²) < 4.78 is 5.48. The molecule has 23 heavy (non-hydrogen) atoms. The van der Waals surface area contributed by atoms with Crippen molar-refractivity contribution in [3.63, 3.8) is 0 Å². The minimum absolute atomic E-state index is 0.202. The Morgan fingerprint density at radius 1 is 1.22 bits per heavy atom. The Kier molecular flexibility index (Phi) is 5.68. The predicted molar refractivity (Wildman–Crippen MR) is 91.7 cm³/mol. The van der Waals surface area contributed by atoms with Crippen molar-refractivity contribution < 1.29 is 9.53 Å². The Balaban J connectivity index is 1.59. The molecule has 0 aliphatic carbocycles. The summed E-state index contributed by atoms with van der Waals surface area (Å²) in [6, 6.07) is 8.03. The summed E-state index contributed by atoms with van der Waals surface area (Å²) in [5.74, 6) is 0.881. The summed E-state index contributed by atoms with van der Waals surface area (Å²) in [6.07, 6.45) is 3.15. The van der Waals surface area contributed by atoms with Gasteiger partial charge in [0, 0.05) is 38.3 Å². The van der Waals surface area contributed by atoms with E-state index < -0.39 is 0 Å². The second-order valence-electron chi connectivity index (χ2n) is 6.69. The fourth-order valence-corrected chi connectivity index (χ4v) is 3.66. The van der Waals surface area contributed by atoms with Gasteiger partial charge in [0.25, 0.3) is 5.91 Å². The van der Waals surface area contributed by atoms with E-state index in [1.807, 2.05) is 23.1 Å². The molecule has 0 radical (unpaired) electrons. The SMILES string of the molecule is CCc1ccccc1C(=O)N1CCCN(CC2CCOC2)CC1. The van der Waals surface area contributed by atoms with Gasteiger partial charge in [0.1, 0.15) is 0 Å². The molecule has 4 nitrogen and oxygen atoms in total. The zero-order chi connectivity index (χ0) is 16.1. The van der Waals surface area contributed by atoms with E-state index in [1.54, 1.807) is 0 Å². The van der Waals surface area contributed by atoms with Crippen molar-refractivity contribution in [3.8, 4) is 0 Å². The van der Waals surface area contributed by atoms with Crippen molar-refractivity contribution in [1.82, 2.24) is 9.80 Å². The maximum absolute atomic E-state index is 12.9. The maximum Gasteiger partial charge on any atom is 0.254 e. The number of nitrogens with zero attached hydrogens (tertiary/aromatic N) is 2. The number of rotatable bonds is 4. The van der Waals surface area contributed by atoms with Crippen LogP contribution in [0.5, 0.6) is 0 Å². The van der Waals surface area contributed by atoms with Crippen LogP contribution >= 0.6 is 0 Å². The molecule has 2 heterocycles. The molecule has 1 aromatic rings. The Hall–Kier alpha value is -1.39. The first-order valence-corrected chi connectivity index (χ1v) is 8.95. The minimum atomic E-state index is 0.202. The summed E-state index contributed by atoms with van der Waals surface area (Å²) in [5.41, 5.74) is 2.04. The molecule has 0 saturated carbocycles. The van der Waals surface area contributed by atoms with E-state index in [0.29, 0.717) is 5.92 Å². The zero-order valence-corrected chi connectivity index (χ0v) is 14.2. The highest BCUT2D eigenvalue weighted by molar-refractivity contribution is 5.95. The van der Waals surface area contributed by atoms with Crippen LogP contribution in [0, 0.1) is 5.92 Å². The number of hydrogen-bond acceptors (Lipinski definition) is 3. The molecule has 1 aromatic carbocycles. The lowest BCUT2D eigenvalue weighted by Crippen LogP contribution is -2.37. The number of aryl methyl sites for hydroxylation is 1. The molecule has 2 aliphatic rings. The molecule has 2 aliphatic heterocycles. The summed E-state index contributed by atoms with van der Waals surface area (Å²) >= 11 is 0. The number of carbonyl (C=O) groups excluding carboxylic acids is 1. The Morgan fingerprint density at radius 3 is 2.87 bits per heavy atom. The third-order valence-electron chi connectivity index (χ3n) is 5.04. The predicted octanol–water partition coefficient (Wildman–Crippen LogP) is 2.43. The van der Waals surface area contributed by atoms with Crippen molar-refractivity contribution in [2.24, 2.45) is 5.92 Å². The standard InChI is InChI=1S/C19H28N2O2/c1-2-17-6-3-4-7-18(17)19(22)21-10-5-9-20(11-12-21)14-16-8-13-23-15-16/h3-4,6-7,16H,2,5,8-15H2,1H3. The molecular weight excluding hydrogens is 288 g/mol. The first-order chi connectivity index (χ1) is 11.3. The lowest BCUT2D eigenvalue weighted by atomic mass is 10.0. The molecular formula is C19H28N2O2. The van der Waals surface area contributed by atoms with Gasteiger partial charge in [-0.25, -0.2) is 0 Å². The topological polar surface area (TPSA) is 32.8 Å². The van der Waals surface area contributed by atoms with Gasteiger partial charge in [0.05, 0.1) is 6.61 Å². The molecule has 0 bridgehead atoms. The molecule has 0 spiro atoms. The highest BCUT2D eigenvalue weighted by Crippen LogP contribution is 2.17. The molecule has 0 aromatic heterocycles. The molecule has 2 fully saturated rings. The van der Waals surface area contributed by atoms with Crippen LogP contribution < -0.4 is 0 Å². The van der Waals surface area contributed by atoms with Gasteiger partial charge in [-0.15, -0.1) is 0 Å². The van der Waals surface area contributed by atoms with Crippen LogP contribution in [0.2, 0.25) is 0 Å². The first-order valence-electron chi connectivity index (χ1n) is 8.95. The summed E-state index contributed by atoms with van der Waals surface area (Å²) in [5, 5.41) is 0. The summed E-state index contributed by atoms with van der Waals surface area (Å²) in [6.45, 7) is 8.83. The average molecular weight is 316 g/mol. The number of benzene rings is 1. The zero-order valence-electron chi connectivity index (χ0n) is 14.2. The molecule has 3 rings (SSSR count). The van der Waals surface area contributed by atoms with Gasteiger partial charge in [0.2, 0.25) is 0 Å². The van der Waals surface area contributed by atoms with Gasteiger partial charge in [-0.3, -0.25) is 4.79 Å². The Morgan fingerprint density at radius 2 is 2.09 bits per heavy atom. The monoisotopic (exact) mass is 316 g/mol. The van der Waals surface area contributed by atoms with Crippen LogP contribution in [-0.2, 0) is 11.2 Å². The molecule has 0 N–H and O–H groups in total. The van der Waals surface area contributed by atoms with E-state index >= 15 is 0 Å². The van der Waals surface area contributed by atoms with Crippen LogP contribution in [0.15, 0.2) is 24.3 Å². The lowest BCUT2D eigenvalue weighted by molar-refractivity contribution is 0.0759. The minimum Gasteiger partial charge on any atom is -0.381 e. The van der Waals surface area contributed by atoms with Crippen molar-refractivity contribution in [3.05, 3.63) is 35.4 Å². The van der Waals surface area contributed by atoms with E-state index in [4.69, 9.17) is 4.74 Å². The van der Waals surface area contributed by atoms with Crippen LogP contribution in [-0.4, -0.2) is 61.6 Å². The van der Waals surface area contributed by atoms with Crippen molar-refractivity contribution in [2.75, 3.05) is 45.9 Å². The second kappa shape index (κ2) is 7.93. The third kappa shape index (κ3) is 4.12. The highest BCUT2D eigenvalue weighted by atomic mass is 16.5. The lowest BCUT2D eigenvalue weighted by Gasteiger charge is -2.24. The average Bonchev–Trinajstić information content (AvgIpc) is 2.98. The molecule has 2 saturated heterocycles. The summed E-state index contributed by atoms with van der Waals surface area (Å²) in [7, 11) is 0. The van der Waals surface area contributed by atoms with Gasteiger partial charge < -0.3 is 14.5 Å². The molecule has 4 heteroatoms. The second-order valence-corrected chi connectivity index (χ2v) is 6.69. The quantitative estimate of drug-likeness (QED) is 0.855. The fraction of sp³-hybridized carbons (Fsp3) is 0.632. The molecule has 1 atom stereocenters. The van der Waals surface area contributed by atoms with Crippen LogP contribution in [0.4, 0.5) is 0 Å². The smallest absolute Gasteiger partial charge is 0.254 e. The Labute approximate surface area is 139 Å². The third-order valence-corrected chi connectivity index (χ3v) is 5.04. The first kappa shape index (κ1) is 16.5. The van der Waals surface area contributed by atoms with Crippen LogP contribution in [0.25, 0.3) is 0 Å². The van der Waals surface area contributed by atoms with Gasteiger partial charge in [-0.05, 0) is 43.4 Å². The van der Waals surface area contributed by atoms with Gasteiger partial charge in [0.15, 0.2) is 0 Å². The van der Waals surface area contributed by atoms with Crippen LogP contribution in [0.1, 0.15) is 35.7 Å². The maximum atomic E-state index is 12.9. The molecule has 126 valence electrons. The van der Waals surface area contributed by atoms with E-state index in [2.05, 4.69) is 17.9 Å². The summed E-state index contributed by atoms with van der Waals surface area (Å²) in [4.78, 5) is 17.4.